The maximum absolute atomic E-state index is 13.1. The van der Waals surface area contributed by atoms with Gasteiger partial charge in [0.15, 0.2) is 0 Å². The van der Waals surface area contributed by atoms with E-state index in [1.165, 1.54) is 4.90 Å². The Bertz CT molecular complexity index is 883. The zero-order valence-electron chi connectivity index (χ0n) is 18.0. The molecule has 1 fully saturated rings. The molecule has 0 radical (unpaired) electrons. The third kappa shape index (κ3) is 7.46. The highest BCUT2D eigenvalue weighted by Crippen LogP contribution is 2.19. The number of likely N-dealkylation sites (tertiary alicyclic amines) is 1. The van der Waals surface area contributed by atoms with Gasteiger partial charge < -0.3 is 32.1 Å². The van der Waals surface area contributed by atoms with Crippen LogP contribution in [0.3, 0.4) is 0 Å². The molecule has 0 bridgehead atoms. The summed E-state index contributed by atoms with van der Waals surface area (Å²) in [5.41, 5.74) is 11.9. The molecule has 4 unspecified atom stereocenters. The molecule has 180 valence electrons. The zero-order chi connectivity index (χ0) is 24.5. The number of carboxylic acid groups (broad SMARTS) is 1. The van der Waals surface area contributed by atoms with Gasteiger partial charge in [0.25, 0.3) is 0 Å². The molecule has 0 aliphatic carbocycles. The molecule has 7 N–H and O–H groups in total. The molecule has 1 aromatic carbocycles. The quantitative estimate of drug-likeness (QED) is 0.206. The number of aliphatic carboxylic acids is 1. The number of primary amides is 1. The third-order valence-corrected chi connectivity index (χ3v) is 5.66. The highest BCUT2D eigenvalue weighted by Gasteiger charge is 2.39. The van der Waals surface area contributed by atoms with Crippen LogP contribution in [0.5, 0.6) is 0 Å². The summed E-state index contributed by atoms with van der Waals surface area (Å²) < 4.78 is 0. The molecule has 2 rings (SSSR count). The molecule has 33 heavy (non-hydrogen) atoms. The summed E-state index contributed by atoms with van der Waals surface area (Å²) in [6.07, 6.45) is 0.529. The van der Waals surface area contributed by atoms with E-state index < -0.39 is 60.2 Å². The smallest absolute Gasteiger partial charge is 0.326 e. The largest absolute Gasteiger partial charge is 0.480 e. The first-order valence-corrected chi connectivity index (χ1v) is 11.1. The van der Waals surface area contributed by atoms with E-state index in [0.29, 0.717) is 12.8 Å². The fourth-order valence-electron chi connectivity index (χ4n) is 3.60. The molecular weight excluding hydrogens is 450 g/mol. The lowest BCUT2D eigenvalue weighted by Crippen LogP contribution is -2.57. The molecule has 1 aromatic rings. The van der Waals surface area contributed by atoms with Crippen molar-refractivity contribution in [2.75, 3.05) is 12.3 Å². The van der Waals surface area contributed by atoms with Gasteiger partial charge in [0.1, 0.15) is 18.1 Å². The first-order chi connectivity index (χ1) is 15.6. The highest BCUT2D eigenvalue weighted by molar-refractivity contribution is 7.80. The molecule has 1 saturated heterocycles. The molecule has 0 saturated carbocycles. The van der Waals surface area contributed by atoms with Gasteiger partial charge in [0.2, 0.25) is 23.6 Å². The fraction of sp³-hybridized carbons (Fsp3) is 0.476. The van der Waals surface area contributed by atoms with Crippen molar-refractivity contribution in [3.63, 3.8) is 0 Å². The van der Waals surface area contributed by atoms with Gasteiger partial charge in [0.05, 0.1) is 12.5 Å². The molecule has 4 amide bonds. The molecule has 1 heterocycles. The first kappa shape index (κ1) is 26.1. The SMILES string of the molecule is NC(=O)CC(NC(=O)C1CCCN1C(=O)C(CS)NC(=O)C(N)Cc1ccccc1)C(=O)O. The van der Waals surface area contributed by atoms with Crippen LogP contribution in [-0.2, 0) is 30.4 Å². The van der Waals surface area contributed by atoms with Crippen molar-refractivity contribution in [1.82, 2.24) is 15.5 Å². The lowest BCUT2D eigenvalue weighted by atomic mass is 10.1. The molecule has 12 heteroatoms. The predicted octanol–water partition coefficient (Wildman–Crippen LogP) is -1.59. The van der Waals surface area contributed by atoms with Crippen molar-refractivity contribution in [1.29, 1.82) is 0 Å². The standard InChI is InChI=1S/C21H29N5O6S/c22-13(9-12-5-2-1-3-6-12)18(28)25-15(11-33)20(30)26-8-4-7-16(26)19(29)24-14(21(31)32)10-17(23)27/h1-3,5-6,13-16,33H,4,7-11,22H2,(H2,23,27)(H,24,29)(H,25,28)(H,31,32). The Labute approximate surface area is 196 Å². The summed E-state index contributed by atoms with van der Waals surface area (Å²) >= 11 is 4.16. The minimum absolute atomic E-state index is 0.0209. The number of hydrogen-bond acceptors (Lipinski definition) is 7. The van der Waals surface area contributed by atoms with Crippen LogP contribution >= 0.6 is 12.6 Å². The Hall–Kier alpha value is -3.12. The topological polar surface area (TPSA) is 185 Å². The van der Waals surface area contributed by atoms with E-state index in [9.17, 15) is 29.1 Å². The fourth-order valence-corrected chi connectivity index (χ4v) is 3.84. The van der Waals surface area contributed by atoms with Gasteiger partial charge in [-0.05, 0) is 24.8 Å². The molecule has 0 spiro atoms. The Morgan fingerprint density at radius 1 is 1.12 bits per heavy atom. The van der Waals surface area contributed by atoms with Crippen LogP contribution in [0, 0.1) is 0 Å². The number of nitrogens with one attached hydrogen (secondary N) is 2. The monoisotopic (exact) mass is 479 g/mol. The lowest BCUT2D eigenvalue weighted by molar-refractivity contribution is -0.145. The summed E-state index contributed by atoms with van der Waals surface area (Å²) in [6.45, 7) is 0.251. The van der Waals surface area contributed by atoms with Crippen molar-refractivity contribution in [2.45, 2.75) is 49.9 Å². The Morgan fingerprint density at radius 2 is 1.79 bits per heavy atom. The second-order valence-electron chi connectivity index (χ2n) is 7.80. The average molecular weight is 480 g/mol. The van der Waals surface area contributed by atoms with E-state index in [1.54, 1.807) is 0 Å². The van der Waals surface area contributed by atoms with Gasteiger partial charge >= 0.3 is 5.97 Å². The number of carboxylic acids is 1. The number of carbonyl (C=O) groups is 5. The molecule has 1 aliphatic heterocycles. The maximum atomic E-state index is 13.1. The van der Waals surface area contributed by atoms with Gasteiger partial charge in [-0.25, -0.2) is 4.79 Å². The molecule has 0 aromatic heterocycles. The van der Waals surface area contributed by atoms with Crippen molar-refractivity contribution in [3.8, 4) is 0 Å². The lowest BCUT2D eigenvalue weighted by Gasteiger charge is -2.29. The summed E-state index contributed by atoms with van der Waals surface area (Å²) in [5, 5.41) is 14.0. The number of benzene rings is 1. The number of carbonyl (C=O) groups excluding carboxylic acids is 4. The van der Waals surface area contributed by atoms with Crippen LogP contribution in [0.4, 0.5) is 0 Å². The molecule has 4 atom stereocenters. The third-order valence-electron chi connectivity index (χ3n) is 5.29. The summed E-state index contributed by atoms with van der Waals surface area (Å²) in [7, 11) is 0. The predicted molar refractivity (Wildman–Crippen MR) is 122 cm³/mol. The number of rotatable bonds is 11. The van der Waals surface area contributed by atoms with E-state index in [2.05, 4.69) is 23.3 Å². The van der Waals surface area contributed by atoms with Crippen LogP contribution in [0.15, 0.2) is 30.3 Å². The number of nitrogens with zero attached hydrogens (tertiary/aromatic N) is 1. The van der Waals surface area contributed by atoms with Crippen LogP contribution in [0.1, 0.15) is 24.8 Å². The number of nitrogens with two attached hydrogens (primary N) is 2. The summed E-state index contributed by atoms with van der Waals surface area (Å²) in [5.74, 6) is -4.08. The van der Waals surface area contributed by atoms with Crippen LogP contribution in [0.25, 0.3) is 0 Å². The minimum Gasteiger partial charge on any atom is -0.480 e. The van der Waals surface area contributed by atoms with E-state index in [0.717, 1.165) is 5.56 Å². The van der Waals surface area contributed by atoms with Gasteiger partial charge in [-0.2, -0.15) is 12.6 Å². The minimum atomic E-state index is -1.50. The molecule has 1 aliphatic rings. The van der Waals surface area contributed by atoms with Crippen molar-refractivity contribution < 1.29 is 29.1 Å². The Morgan fingerprint density at radius 3 is 2.36 bits per heavy atom. The number of amides is 4. The van der Waals surface area contributed by atoms with Crippen LogP contribution in [0.2, 0.25) is 0 Å². The highest BCUT2D eigenvalue weighted by atomic mass is 32.1. The second-order valence-corrected chi connectivity index (χ2v) is 8.16. The average Bonchev–Trinajstić information content (AvgIpc) is 3.26. The normalized spacial score (nSPS) is 18.1. The number of thiol groups is 1. The second kappa shape index (κ2) is 12.2. The first-order valence-electron chi connectivity index (χ1n) is 10.5. The van der Waals surface area contributed by atoms with Crippen molar-refractivity contribution in [3.05, 3.63) is 35.9 Å². The summed E-state index contributed by atoms with van der Waals surface area (Å²) in [4.78, 5) is 61.9. The number of hydrogen-bond donors (Lipinski definition) is 6. The maximum Gasteiger partial charge on any atom is 0.326 e. The van der Waals surface area contributed by atoms with Gasteiger partial charge in [0, 0.05) is 12.3 Å². The van der Waals surface area contributed by atoms with Crippen LogP contribution < -0.4 is 22.1 Å². The molecule has 11 nitrogen and oxygen atoms in total. The Balaban J connectivity index is 2.02. The van der Waals surface area contributed by atoms with E-state index in [1.807, 2.05) is 30.3 Å². The van der Waals surface area contributed by atoms with E-state index in [-0.39, 0.29) is 18.7 Å². The van der Waals surface area contributed by atoms with E-state index in [4.69, 9.17) is 11.5 Å². The van der Waals surface area contributed by atoms with Crippen LogP contribution in [-0.4, -0.2) is 76.1 Å². The van der Waals surface area contributed by atoms with E-state index >= 15 is 0 Å². The van der Waals surface area contributed by atoms with Crippen molar-refractivity contribution in [2.24, 2.45) is 11.5 Å². The van der Waals surface area contributed by atoms with Gasteiger partial charge in [-0.15, -0.1) is 0 Å². The Kier molecular flexibility index (Phi) is 9.67. The van der Waals surface area contributed by atoms with Gasteiger partial charge in [-0.3, -0.25) is 19.2 Å². The van der Waals surface area contributed by atoms with Crippen molar-refractivity contribution >= 4 is 42.2 Å². The molecular formula is C21H29N5O6S. The zero-order valence-corrected chi connectivity index (χ0v) is 18.9. The summed E-state index contributed by atoms with van der Waals surface area (Å²) in [6, 6.07) is 4.85. The van der Waals surface area contributed by atoms with Gasteiger partial charge in [-0.1, -0.05) is 30.3 Å².